The van der Waals surface area contributed by atoms with Crippen molar-refractivity contribution in [3.63, 3.8) is 0 Å². The summed E-state index contributed by atoms with van der Waals surface area (Å²) in [6, 6.07) is 7.84. The van der Waals surface area contributed by atoms with Crippen molar-refractivity contribution < 1.29 is 9.84 Å². The van der Waals surface area contributed by atoms with Gasteiger partial charge in [-0.2, -0.15) is 11.8 Å². The van der Waals surface area contributed by atoms with E-state index in [4.69, 9.17) is 9.84 Å². The predicted molar refractivity (Wildman–Crippen MR) is 73.3 cm³/mol. The van der Waals surface area contributed by atoms with Crippen LogP contribution in [0.1, 0.15) is 13.3 Å². The third kappa shape index (κ3) is 5.77. The maximum absolute atomic E-state index is 8.75. The number of halogens is 1. The minimum atomic E-state index is 0.266. The zero-order valence-electron chi connectivity index (χ0n) is 9.36. The van der Waals surface area contributed by atoms with Gasteiger partial charge in [-0.1, -0.05) is 22.9 Å². The van der Waals surface area contributed by atoms with E-state index in [9.17, 15) is 0 Å². The Morgan fingerprint density at radius 2 is 2.06 bits per heavy atom. The molecule has 90 valence electrons. The van der Waals surface area contributed by atoms with Crippen LogP contribution < -0.4 is 4.74 Å². The van der Waals surface area contributed by atoms with E-state index < -0.39 is 0 Å². The number of rotatable bonds is 7. The normalized spacial score (nSPS) is 12.4. The fourth-order valence-corrected chi connectivity index (χ4v) is 2.32. The molecular formula is C12H17BrO2S. The molecule has 4 heteroatoms. The Morgan fingerprint density at radius 1 is 1.38 bits per heavy atom. The van der Waals surface area contributed by atoms with Crippen molar-refractivity contribution in [2.75, 3.05) is 19.0 Å². The first kappa shape index (κ1) is 13.9. The van der Waals surface area contributed by atoms with Gasteiger partial charge in [-0.05, 0) is 30.7 Å². The molecule has 0 aromatic heterocycles. The van der Waals surface area contributed by atoms with E-state index >= 15 is 0 Å². The SMILES string of the molecule is CC(CCO)SCCOc1ccc(Br)cc1. The minimum Gasteiger partial charge on any atom is -0.493 e. The Balaban J connectivity index is 2.13. The van der Waals surface area contributed by atoms with Crippen molar-refractivity contribution in [1.82, 2.24) is 0 Å². The first-order valence-electron chi connectivity index (χ1n) is 5.33. The Morgan fingerprint density at radius 3 is 2.69 bits per heavy atom. The lowest BCUT2D eigenvalue weighted by Gasteiger charge is -2.10. The molecule has 0 bridgehead atoms. The Bertz CT molecular complexity index is 290. The summed E-state index contributed by atoms with van der Waals surface area (Å²) in [5.41, 5.74) is 0. The standard InChI is InChI=1S/C12H17BrO2S/c1-10(6-7-14)16-9-8-15-12-4-2-11(13)3-5-12/h2-5,10,14H,6-9H2,1H3. The lowest BCUT2D eigenvalue weighted by Crippen LogP contribution is -2.06. The van der Waals surface area contributed by atoms with Crippen molar-refractivity contribution in [2.45, 2.75) is 18.6 Å². The lowest BCUT2D eigenvalue weighted by molar-refractivity contribution is 0.288. The summed E-state index contributed by atoms with van der Waals surface area (Å²) in [5, 5.41) is 9.25. The van der Waals surface area contributed by atoms with Gasteiger partial charge in [-0.3, -0.25) is 0 Å². The quantitative estimate of drug-likeness (QED) is 0.784. The largest absolute Gasteiger partial charge is 0.493 e. The second kappa shape index (κ2) is 7.98. The van der Waals surface area contributed by atoms with Gasteiger partial charge in [0.1, 0.15) is 5.75 Å². The molecule has 0 aliphatic rings. The number of thioether (sulfide) groups is 1. The highest BCUT2D eigenvalue weighted by atomic mass is 79.9. The maximum atomic E-state index is 8.75. The zero-order chi connectivity index (χ0) is 11.8. The van der Waals surface area contributed by atoms with Crippen LogP contribution in [0, 0.1) is 0 Å². The van der Waals surface area contributed by atoms with E-state index in [2.05, 4.69) is 22.9 Å². The molecule has 0 aliphatic carbocycles. The van der Waals surface area contributed by atoms with Crippen molar-refractivity contribution in [1.29, 1.82) is 0 Å². The van der Waals surface area contributed by atoms with Gasteiger partial charge in [0.25, 0.3) is 0 Å². The van der Waals surface area contributed by atoms with Crippen LogP contribution >= 0.6 is 27.7 Å². The number of aliphatic hydroxyl groups excluding tert-OH is 1. The molecule has 2 nitrogen and oxygen atoms in total. The second-order valence-electron chi connectivity index (χ2n) is 3.50. The number of hydrogen-bond acceptors (Lipinski definition) is 3. The molecule has 0 amide bonds. The monoisotopic (exact) mass is 304 g/mol. The van der Waals surface area contributed by atoms with E-state index in [0.717, 1.165) is 22.4 Å². The van der Waals surface area contributed by atoms with E-state index in [1.807, 2.05) is 36.0 Å². The average Bonchev–Trinajstić information content (AvgIpc) is 2.27. The highest BCUT2D eigenvalue weighted by molar-refractivity contribution is 9.10. The van der Waals surface area contributed by atoms with Crippen LogP contribution in [0.25, 0.3) is 0 Å². The van der Waals surface area contributed by atoms with E-state index in [1.54, 1.807) is 0 Å². The first-order chi connectivity index (χ1) is 7.72. The van der Waals surface area contributed by atoms with Crippen LogP contribution in [-0.2, 0) is 0 Å². The van der Waals surface area contributed by atoms with E-state index in [-0.39, 0.29) is 6.61 Å². The molecule has 1 aromatic carbocycles. The summed E-state index contributed by atoms with van der Waals surface area (Å²) in [7, 11) is 0. The molecule has 0 saturated heterocycles. The van der Waals surface area contributed by atoms with Gasteiger partial charge in [0, 0.05) is 22.1 Å². The topological polar surface area (TPSA) is 29.5 Å². The number of benzene rings is 1. The molecule has 16 heavy (non-hydrogen) atoms. The predicted octanol–water partition coefficient (Wildman–Crippen LogP) is 3.33. The molecule has 0 radical (unpaired) electrons. The van der Waals surface area contributed by atoms with Gasteiger partial charge < -0.3 is 9.84 Å². The van der Waals surface area contributed by atoms with Crippen LogP contribution in [0.2, 0.25) is 0 Å². The Labute approximate surface area is 110 Å². The van der Waals surface area contributed by atoms with Crippen LogP contribution in [0.15, 0.2) is 28.7 Å². The highest BCUT2D eigenvalue weighted by Gasteiger charge is 2.01. The van der Waals surface area contributed by atoms with Crippen LogP contribution in [0.4, 0.5) is 0 Å². The fourth-order valence-electron chi connectivity index (χ4n) is 1.20. The molecule has 1 unspecified atom stereocenters. The molecule has 0 heterocycles. The van der Waals surface area contributed by atoms with Gasteiger partial charge in [-0.25, -0.2) is 0 Å². The number of aliphatic hydroxyl groups is 1. The molecule has 1 aromatic rings. The lowest BCUT2D eigenvalue weighted by atomic mass is 10.3. The molecule has 0 fully saturated rings. The minimum absolute atomic E-state index is 0.266. The molecule has 1 atom stereocenters. The fraction of sp³-hybridized carbons (Fsp3) is 0.500. The van der Waals surface area contributed by atoms with Crippen LogP contribution in [0.5, 0.6) is 5.75 Å². The van der Waals surface area contributed by atoms with Gasteiger partial charge in [-0.15, -0.1) is 0 Å². The Kier molecular flexibility index (Phi) is 6.92. The van der Waals surface area contributed by atoms with E-state index in [1.165, 1.54) is 0 Å². The van der Waals surface area contributed by atoms with Gasteiger partial charge in [0.15, 0.2) is 0 Å². The summed E-state index contributed by atoms with van der Waals surface area (Å²) in [6.07, 6.45) is 0.850. The maximum Gasteiger partial charge on any atom is 0.119 e. The molecule has 0 saturated carbocycles. The van der Waals surface area contributed by atoms with Gasteiger partial charge in [0.05, 0.1) is 6.61 Å². The number of hydrogen-bond donors (Lipinski definition) is 1. The summed E-state index contributed by atoms with van der Waals surface area (Å²) in [6.45, 7) is 3.10. The summed E-state index contributed by atoms with van der Waals surface area (Å²) in [5.74, 6) is 1.86. The smallest absolute Gasteiger partial charge is 0.119 e. The van der Waals surface area contributed by atoms with Crippen LogP contribution in [-0.4, -0.2) is 29.3 Å². The number of ether oxygens (including phenoxy) is 1. The third-order valence-corrected chi connectivity index (χ3v) is 3.84. The molecule has 0 aliphatic heterocycles. The highest BCUT2D eigenvalue weighted by Crippen LogP contribution is 2.17. The molecule has 1 N–H and O–H groups in total. The Hall–Kier alpha value is -0.190. The van der Waals surface area contributed by atoms with Gasteiger partial charge in [0.2, 0.25) is 0 Å². The van der Waals surface area contributed by atoms with Crippen LogP contribution in [0.3, 0.4) is 0 Å². The summed E-state index contributed by atoms with van der Waals surface area (Å²) in [4.78, 5) is 0. The van der Waals surface area contributed by atoms with Gasteiger partial charge >= 0.3 is 0 Å². The van der Waals surface area contributed by atoms with E-state index in [0.29, 0.717) is 11.9 Å². The van der Waals surface area contributed by atoms with Crippen molar-refractivity contribution in [3.8, 4) is 5.75 Å². The third-order valence-electron chi connectivity index (χ3n) is 2.10. The van der Waals surface area contributed by atoms with Crippen molar-refractivity contribution >= 4 is 27.7 Å². The summed E-state index contributed by atoms with van der Waals surface area (Å²) >= 11 is 5.21. The molecular weight excluding hydrogens is 288 g/mol. The second-order valence-corrected chi connectivity index (χ2v) is 5.96. The zero-order valence-corrected chi connectivity index (χ0v) is 11.8. The van der Waals surface area contributed by atoms with Crippen molar-refractivity contribution in [3.05, 3.63) is 28.7 Å². The molecule has 1 rings (SSSR count). The van der Waals surface area contributed by atoms with Crippen molar-refractivity contribution in [2.24, 2.45) is 0 Å². The molecule has 0 spiro atoms. The summed E-state index contributed by atoms with van der Waals surface area (Å²) < 4.78 is 6.65. The first-order valence-corrected chi connectivity index (χ1v) is 7.17. The average molecular weight is 305 g/mol.